The van der Waals surface area contributed by atoms with E-state index in [1.807, 2.05) is 6.20 Å². The fraction of sp³-hybridized carbons (Fsp3) is 0.102. The lowest BCUT2D eigenvalue weighted by atomic mass is 9.83. The van der Waals surface area contributed by atoms with Crippen LogP contribution in [0.15, 0.2) is 176 Å². The molecule has 8 aromatic rings. The zero-order chi connectivity index (χ0) is 34.5. The standard InChI is InChI=1S/C15H12.C14H12.C11H10.C9H9N/c1-11-6-7-14-9-12-4-2-3-5-13(12)10-15(14)8-11;1-10-9-11-5-4-8-13(11)14-7-3-2-6-12(10)14;1-9-6-7-10-4-2-3-5-11(10)8-9;1-7-2-3-9-8(6-7)4-5-10-9/h2-10H,1H3;2-9,11H,1H3;2-8H,1H3;2-6,10H,1H3. The highest BCUT2D eigenvalue weighted by Crippen LogP contribution is 2.40. The van der Waals surface area contributed by atoms with Gasteiger partial charge in [0, 0.05) is 17.6 Å². The molecule has 0 spiro atoms. The van der Waals surface area contributed by atoms with Gasteiger partial charge in [-0.1, -0.05) is 156 Å². The molecule has 1 atom stereocenters. The summed E-state index contributed by atoms with van der Waals surface area (Å²) in [5.74, 6) is 0.518. The Kier molecular flexibility index (Phi) is 9.58. The Morgan fingerprint density at radius 1 is 0.440 bits per heavy atom. The van der Waals surface area contributed by atoms with E-state index in [0.29, 0.717) is 5.92 Å². The van der Waals surface area contributed by atoms with Gasteiger partial charge >= 0.3 is 0 Å². The average Bonchev–Trinajstić information content (AvgIpc) is 3.81. The number of aromatic nitrogens is 1. The molecule has 1 heteroatoms. The van der Waals surface area contributed by atoms with Crippen molar-refractivity contribution < 1.29 is 0 Å². The molecule has 2 aliphatic rings. The van der Waals surface area contributed by atoms with Gasteiger partial charge in [0.1, 0.15) is 0 Å². The SMILES string of the molecule is CC1=CC2C=CC=C2c2ccccc21.Cc1ccc2[nH]ccc2c1.Cc1ccc2cc3ccccc3cc2c1.Cc1ccc2ccccc2c1. The van der Waals surface area contributed by atoms with Crippen LogP contribution in [0.2, 0.25) is 0 Å². The van der Waals surface area contributed by atoms with Gasteiger partial charge in [0.2, 0.25) is 0 Å². The van der Waals surface area contributed by atoms with Gasteiger partial charge in [-0.2, -0.15) is 0 Å². The van der Waals surface area contributed by atoms with Crippen molar-refractivity contribution in [2.24, 2.45) is 5.92 Å². The van der Waals surface area contributed by atoms with Crippen molar-refractivity contribution in [3.05, 3.63) is 204 Å². The third kappa shape index (κ3) is 7.38. The van der Waals surface area contributed by atoms with Gasteiger partial charge in [-0.3, -0.25) is 0 Å². The zero-order valence-corrected chi connectivity index (χ0v) is 29.3. The molecule has 0 amide bonds. The summed E-state index contributed by atoms with van der Waals surface area (Å²) >= 11 is 0. The van der Waals surface area contributed by atoms with Crippen LogP contribution in [0.25, 0.3) is 54.4 Å². The minimum absolute atomic E-state index is 0.518. The smallest absolute Gasteiger partial charge is 0.0454 e. The van der Waals surface area contributed by atoms with E-state index in [1.165, 1.54) is 82.2 Å². The molecule has 7 aromatic carbocycles. The molecule has 0 bridgehead atoms. The van der Waals surface area contributed by atoms with Crippen molar-refractivity contribution in [3.8, 4) is 0 Å². The van der Waals surface area contributed by atoms with E-state index in [0.717, 1.165) is 0 Å². The molecule has 0 saturated heterocycles. The van der Waals surface area contributed by atoms with E-state index in [9.17, 15) is 0 Å². The second kappa shape index (κ2) is 14.7. The van der Waals surface area contributed by atoms with E-state index >= 15 is 0 Å². The van der Waals surface area contributed by atoms with E-state index < -0.39 is 0 Å². The Hall–Kier alpha value is -5.92. The number of H-pyrrole nitrogens is 1. The van der Waals surface area contributed by atoms with Crippen molar-refractivity contribution in [2.75, 3.05) is 0 Å². The number of allylic oxidation sites excluding steroid dienone is 6. The van der Waals surface area contributed by atoms with E-state index in [-0.39, 0.29) is 0 Å². The molecule has 0 aliphatic heterocycles. The third-order valence-corrected chi connectivity index (χ3v) is 9.52. The Bertz CT molecular complexity index is 2540. The maximum Gasteiger partial charge on any atom is 0.0454 e. The molecule has 1 unspecified atom stereocenters. The fourth-order valence-corrected chi connectivity index (χ4v) is 6.89. The number of rotatable bonds is 0. The molecular weight excluding hydrogens is 603 g/mol. The highest BCUT2D eigenvalue weighted by molar-refractivity contribution is 5.98. The first-order chi connectivity index (χ1) is 24.4. The topological polar surface area (TPSA) is 15.8 Å². The number of fused-ring (bicyclic) bond motifs is 7. The number of benzene rings is 7. The lowest BCUT2D eigenvalue weighted by molar-refractivity contribution is 1.09. The predicted molar refractivity (Wildman–Crippen MR) is 219 cm³/mol. The molecule has 0 fully saturated rings. The van der Waals surface area contributed by atoms with Crippen LogP contribution in [0.4, 0.5) is 0 Å². The van der Waals surface area contributed by atoms with Crippen LogP contribution >= 0.6 is 0 Å². The first-order valence-electron chi connectivity index (χ1n) is 17.5. The van der Waals surface area contributed by atoms with E-state index in [2.05, 4.69) is 203 Å². The van der Waals surface area contributed by atoms with Gasteiger partial charge in [-0.15, -0.1) is 0 Å². The normalized spacial score (nSPS) is 14.0. The van der Waals surface area contributed by atoms with Crippen LogP contribution in [0, 0.1) is 26.7 Å². The largest absolute Gasteiger partial charge is 0.361 e. The number of hydrogen-bond acceptors (Lipinski definition) is 0. The molecule has 1 heterocycles. The number of aromatic amines is 1. The molecule has 1 nitrogen and oxygen atoms in total. The van der Waals surface area contributed by atoms with E-state index in [1.54, 1.807) is 0 Å². The van der Waals surface area contributed by atoms with Crippen LogP contribution in [0.3, 0.4) is 0 Å². The quantitative estimate of drug-likeness (QED) is 0.158. The van der Waals surface area contributed by atoms with Crippen molar-refractivity contribution in [3.63, 3.8) is 0 Å². The third-order valence-electron chi connectivity index (χ3n) is 9.52. The van der Waals surface area contributed by atoms with Crippen molar-refractivity contribution in [2.45, 2.75) is 27.7 Å². The van der Waals surface area contributed by atoms with Crippen LogP contribution in [-0.4, -0.2) is 4.98 Å². The summed E-state index contributed by atoms with van der Waals surface area (Å²) in [6.45, 7) is 8.55. The fourth-order valence-electron chi connectivity index (χ4n) is 6.89. The first-order valence-corrected chi connectivity index (χ1v) is 17.5. The number of nitrogens with one attached hydrogen (secondary N) is 1. The second-order valence-electron chi connectivity index (χ2n) is 13.4. The molecule has 0 saturated carbocycles. The van der Waals surface area contributed by atoms with Crippen molar-refractivity contribution in [1.29, 1.82) is 0 Å². The Labute approximate surface area is 295 Å². The van der Waals surface area contributed by atoms with Gasteiger partial charge < -0.3 is 4.98 Å². The maximum absolute atomic E-state index is 3.15. The van der Waals surface area contributed by atoms with Crippen LogP contribution in [-0.2, 0) is 0 Å². The van der Waals surface area contributed by atoms with Gasteiger partial charge in [-0.05, 0) is 118 Å². The Balaban J connectivity index is 0.000000106. The minimum Gasteiger partial charge on any atom is -0.361 e. The summed E-state index contributed by atoms with van der Waals surface area (Å²) in [6, 6.07) is 51.6. The summed E-state index contributed by atoms with van der Waals surface area (Å²) < 4.78 is 0. The molecule has 50 heavy (non-hydrogen) atoms. The molecule has 244 valence electrons. The summed E-state index contributed by atoms with van der Waals surface area (Å²) in [4.78, 5) is 3.15. The summed E-state index contributed by atoms with van der Waals surface area (Å²) in [6.07, 6.45) is 11.0. The minimum atomic E-state index is 0.518. The molecule has 1 aromatic heterocycles. The predicted octanol–water partition coefficient (Wildman–Crippen LogP) is 13.6. The molecule has 1 N–H and O–H groups in total. The lowest BCUT2D eigenvalue weighted by Crippen LogP contribution is -2.03. The van der Waals surface area contributed by atoms with Gasteiger partial charge in [0.05, 0.1) is 0 Å². The maximum atomic E-state index is 3.15. The molecular formula is C49H43N. The molecule has 0 radical (unpaired) electrons. The van der Waals surface area contributed by atoms with Crippen LogP contribution in [0.5, 0.6) is 0 Å². The zero-order valence-electron chi connectivity index (χ0n) is 29.3. The second-order valence-corrected chi connectivity index (χ2v) is 13.4. The highest BCUT2D eigenvalue weighted by Gasteiger charge is 2.21. The summed E-state index contributed by atoms with van der Waals surface area (Å²) in [5, 5.41) is 9.21. The Morgan fingerprint density at radius 2 is 0.960 bits per heavy atom. The summed E-state index contributed by atoms with van der Waals surface area (Å²) in [5.41, 5.74) is 10.8. The van der Waals surface area contributed by atoms with E-state index in [4.69, 9.17) is 0 Å². The first kappa shape index (κ1) is 32.6. The van der Waals surface area contributed by atoms with Crippen molar-refractivity contribution >= 4 is 54.4 Å². The molecule has 10 rings (SSSR count). The van der Waals surface area contributed by atoms with Crippen LogP contribution < -0.4 is 0 Å². The number of hydrogen-bond donors (Lipinski definition) is 1. The monoisotopic (exact) mass is 645 g/mol. The van der Waals surface area contributed by atoms with Crippen molar-refractivity contribution in [1.82, 2.24) is 4.98 Å². The lowest BCUT2D eigenvalue weighted by Gasteiger charge is -2.21. The average molecular weight is 646 g/mol. The van der Waals surface area contributed by atoms with Crippen LogP contribution in [0.1, 0.15) is 34.7 Å². The Morgan fingerprint density at radius 3 is 1.68 bits per heavy atom. The van der Waals surface area contributed by atoms with Gasteiger partial charge in [-0.25, -0.2) is 0 Å². The van der Waals surface area contributed by atoms with Gasteiger partial charge in [0.15, 0.2) is 0 Å². The summed E-state index contributed by atoms with van der Waals surface area (Å²) in [7, 11) is 0. The highest BCUT2D eigenvalue weighted by atomic mass is 14.7. The molecule has 2 aliphatic carbocycles. The number of aryl methyl sites for hydroxylation is 3. The van der Waals surface area contributed by atoms with Gasteiger partial charge in [0.25, 0.3) is 0 Å².